The second-order valence-electron chi connectivity index (χ2n) is 4.66. The molecule has 1 heterocycles. The number of nitrogen functional groups attached to an aromatic ring is 1. The maximum absolute atomic E-state index is 12.2. The van der Waals surface area contributed by atoms with Crippen LogP contribution in [0.25, 0.3) is 0 Å². The molecule has 5 heteroatoms. The van der Waals surface area contributed by atoms with Gasteiger partial charge in [-0.1, -0.05) is 12.1 Å². The van der Waals surface area contributed by atoms with Crippen LogP contribution in [0.15, 0.2) is 24.3 Å². The summed E-state index contributed by atoms with van der Waals surface area (Å²) in [5.74, 6) is 5.27. The molecule has 1 aliphatic heterocycles. The fraction of sp³-hybridized carbons (Fsp3) is 0.417. The molecule has 2 rings (SSSR count). The summed E-state index contributed by atoms with van der Waals surface area (Å²) in [6.45, 7) is 2.68. The van der Waals surface area contributed by atoms with Gasteiger partial charge in [-0.3, -0.25) is 10.6 Å². The van der Waals surface area contributed by atoms with Gasteiger partial charge in [0.25, 0.3) is 5.91 Å². The predicted molar refractivity (Wildman–Crippen MR) is 65.4 cm³/mol. The van der Waals surface area contributed by atoms with E-state index in [-0.39, 0.29) is 5.91 Å². The smallest absolute Gasteiger partial charge is 0.256 e. The van der Waals surface area contributed by atoms with E-state index in [2.05, 4.69) is 5.43 Å². The molecule has 1 fully saturated rings. The standard InChI is InChI=1S/C12H17N3O2/c1-12(17)6-7-15(8-12)11(16)9-4-2-3-5-10(9)14-13/h2-5,14,17H,6-8,13H2,1H3. The molecule has 0 bridgehead atoms. The zero-order chi connectivity index (χ0) is 12.5. The van der Waals surface area contributed by atoms with Gasteiger partial charge in [0.15, 0.2) is 0 Å². The number of para-hydroxylation sites is 1. The molecule has 1 aliphatic rings. The van der Waals surface area contributed by atoms with E-state index in [1.807, 2.05) is 6.07 Å². The molecule has 1 atom stereocenters. The fourth-order valence-electron chi connectivity index (χ4n) is 2.08. The molecule has 1 aromatic rings. The van der Waals surface area contributed by atoms with E-state index in [0.717, 1.165) is 0 Å². The zero-order valence-electron chi connectivity index (χ0n) is 9.81. The highest BCUT2D eigenvalue weighted by molar-refractivity contribution is 5.99. The first kappa shape index (κ1) is 11.9. The Hall–Kier alpha value is -1.59. The summed E-state index contributed by atoms with van der Waals surface area (Å²) >= 11 is 0. The van der Waals surface area contributed by atoms with Crippen LogP contribution >= 0.6 is 0 Å². The molecule has 1 amide bonds. The van der Waals surface area contributed by atoms with Crippen molar-refractivity contribution in [2.45, 2.75) is 18.9 Å². The van der Waals surface area contributed by atoms with E-state index in [4.69, 9.17) is 5.84 Å². The van der Waals surface area contributed by atoms with E-state index < -0.39 is 5.60 Å². The predicted octanol–water partition coefficient (Wildman–Crippen LogP) is 0.569. The number of benzene rings is 1. The van der Waals surface area contributed by atoms with Gasteiger partial charge in [-0.2, -0.15) is 0 Å². The summed E-state index contributed by atoms with van der Waals surface area (Å²) in [6, 6.07) is 7.08. The summed E-state index contributed by atoms with van der Waals surface area (Å²) in [4.78, 5) is 13.9. The van der Waals surface area contributed by atoms with Gasteiger partial charge in [-0.25, -0.2) is 0 Å². The van der Waals surface area contributed by atoms with E-state index in [1.165, 1.54) is 0 Å². The first-order valence-electron chi connectivity index (χ1n) is 5.61. The number of hydrogen-bond donors (Lipinski definition) is 3. The Kier molecular flexibility index (Phi) is 3.04. The first-order chi connectivity index (χ1) is 8.03. The third-order valence-electron chi connectivity index (χ3n) is 3.05. The number of anilines is 1. The van der Waals surface area contributed by atoms with Crippen LogP contribution in [0, 0.1) is 0 Å². The SMILES string of the molecule is CC1(O)CCN(C(=O)c2ccccc2NN)C1. The second-order valence-corrected chi connectivity index (χ2v) is 4.66. The number of hydrogen-bond acceptors (Lipinski definition) is 4. The van der Waals surface area contributed by atoms with Gasteiger partial charge < -0.3 is 15.4 Å². The minimum Gasteiger partial charge on any atom is -0.388 e. The van der Waals surface area contributed by atoms with Crippen LogP contribution < -0.4 is 11.3 Å². The Morgan fingerprint density at radius 2 is 2.24 bits per heavy atom. The van der Waals surface area contributed by atoms with Crippen molar-refractivity contribution >= 4 is 11.6 Å². The molecule has 5 nitrogen and oxygen atoms in total. The van der Waals surface area contributed by atoms with Gasteiger partial charge in [-0.15, -0.1) is 0 Å². The normalized spacial score (nSPS) is 23.8. The number of carbonyl (C=O) groups excluding carboxylic acids is 1. The molecule has 0 aromatic heterocycles. The molecule has 1 aromatic carbocycles. The third-order valence-corrected chi connectivity index (χ3v) is 3.05. The van der Waals surface area contributed by atoms with Crippen molar-refractivity contribution in [1.29, 1.82) is 0 Å². The Balaban J connectivity index is 2.20. The molecule has 0 saturated carbocycles. The van der Waals surface area contributed by atoms with Crippen LogP contribution in [0.3, 0.4) is 0 Å². The lowest BCUT2D eigenvalue weighted by Crippen LogP contribution is -2.34. The quantitative estimate of drug-likeness (QED) is 0.517. The van der Waals surface area contributed by atoms with Crippen LogP contribution in [0.1, 0.15) is 23.7 Å². The maximum Gasteiger partial charge on any atom is 0.256 e. The van der Waals surface area contributed by atoms with Crippen molar-refractivity contribution in [2.75, 3.05) is 18.5 Å². The number of rotatable bonds is 2. The molecule has 0 spiro atoms. The molecule has 92 valence electrons. The summed E-state index contributed by atoms with van der Waals surface area (Å²) in [6.07, 6.45) is 0.608. The molecular formula is C12H17N3O2. The second kappa shape index (κ2) is 4.35. The summed E-state index contributed by atoms with van der Waals surface area (Å²) in [5.41, 5.74) is 2.87. The van der Waals surface area contributed by atoms with E-state index in [0.29, 0.717) is 30.8 Å². The summed E-state index contributed by atoms with van der Waals surface area (Å²) in [7, 11) is 0. The van der Waals surface area contributed by atoms with Gasteiger partial charge in [0.05, 0.1) is 16.9 Å². The number of nitrogens with two attached hydrogens (primary N) is 1. The van der Waals surface area contributed by atoms with Crippen molar-refractivity contribution in [2.24, 2.45) is 5.84 Å². The van der Waals surface area contributed by atoms with Crippen LogP contribution in [0.4, 0.5) is 5.69 Å². The molecule has 1 saturated heterocycles. The average Bonchev–Trinajstić information content (AvgIpc) is 2.68. The largest absolute Gasteiger partial charge is 0.388 e. The molecule has 17 heavy (non-hydrogen) atoms. The molecule has 0 radical (unpaired) electrons. The topological polar surface area (TPSA) is 78.6 Å². The number of β-amino-alcohol motifs (C(OH)–C–C–N with tert-alkyl or cyclic N) is 1. The summed E-state index contributed by atoms with van der Waals surface area (Å²) < 4.78 is 0. The highest BCUT2D eigenvalue weighted by Crippen LogP contribution is 2.24. The Bertz CT molecular complexity index is 432. The number of aliphatic hydroxyl groups is 1. The lowest BCUT2D eigenvalue weighted by molar-refractivity contribution is 0.0572. The highest BCUT2D eigenvalue weighted by atomic mass is 16.3. The van der Waals surface area contributed by atoms with Crippen molar-refractivity contribution in [3.63, 3.8) is 0 Å². The van der Waals surface area contributed by atoms with E-state index >= 15 is 0 Å². The Morgan fingerprint density at radius 1 is 1.53 bits per heavy atom. The lowest BCUT2D eigenvalue weighted by Gasteiger charge is -2.20. The molecule has 0 aliphatic carbocycles. The van der Waals surface area contributed by atoms with Crippen LogP contribution in [0.2, 0.25) is 0 Å². The fourth-order valence-corrected chi connectivity index (χ4v) is 2.08. The first-order valence-corrected chi connectivity index (χ1v) is 5.61. The van der Waals surface area contributed by atoms with Crippen LogP contribution in [-0.2, 0) is 0 Å². The number of nitrogens with zero attached hydrogens (tertiary/aromatic N) is 1. The summed E-state index contributed by atoms with van der Waals surface area (Å²) in [5, 5.41) is 9.85. The molecular weight excluding hydrogens is 218 g/mol. The number of nitrogens with one attached hydrogen (secondary N) is 1. The number of carbonyl (C=O) groups is 1. The van der Waals surface area contributed by atoms with Crippen LogP contribution in [0.5, 0.6) is 0 Å². The Morgan fingerprint density at radius 3 is 2.82 bits per heavy atom. The monoisotopic (exact) mass is 235 g/mol. The van der Waals surface area contributed by atoms with Crippen molar-refractivity contribution < 1.29 is 9.90 Å². The number of amides is 1. The average molecular weight is 235 g/mol. The van der Waals surface area contributed by atoms with Crippen molar-refractivity contribution in [3.8, 4) is 0 Å². The third kappa shape index (κ3) is 2.40. The molecule has 1 unspecified atom stereocenters. The van der Waals surface area contributed by atoms with Gasteiger partial charge in [-0.05, 0) is 25.5 Å². The minimum absolute atomic E-state index is 0.101. The minimum atomic E-state index is -0.777. The number of likely N-dealkylation sites (tertiary alicyclic amines) is 1. The van der Waals surface area contributed by atoms with Gasteiger partial charge in [0.1, 0.15) is 0 Å². The van der Waals surface area contributed by atoms with Crippen LogP contribution in [-0.4, -0.2) is 34.6 Å². The molecule has 4 N–H and O–H groups in total. The Labute approximate surface area is 100 Å². The lowest BCUT2D eigenvalue weighted by atomic mass is 10.1. The maximum atomic E-state index is 12.2. The van der Waals surface area contributed by atoms with E-state index in [9.17, 15) is 9.90 Å². The highest BCUT2D eigenvalue weighted by Gasteiger charge is 2.34. The van der Waals surface area contributed by atoms with E-state index in [1.54, 1.807) is 30.0 Å². The number of hydrazine groups is 1. The van der Waals surface area contributed by atoms with Crippen molar-refractivity contribution in [3.05, 3.63) is 29.8 Å². The van der Waals surface area contributed by atoms with Crippen molar-refractivity contribution in [1.82, 2.24) is 4.90 Å². The van der Waals surface area contributed by atoms with Gasteiger partial charge >= 0.3 is 0 Å². The van der Waals surface area contributed by atoms with Gasteiger partial charge in [0, 0.05) is 13.1 Å². The van der Waals surface area contributed by atoms with Gasteiger partial charge in [0.2, 0.25) is 0 Å². The zero-order valence-corrected chi connectivity index (χ0v) is 9.81.